The maximum Gasteiger partial charge on any atom is 0.173 e. The fraction of sp³-hybridized carbons (Fsp3) is 0.385. The average Bonchev–Trinajstić information content (AvgIpc) is 2.16. The standard InChI is InChI=1S/C13H15FO2/c1-13(2,3)12(16)8-11(15)9-6-4-5-7-10(9)14/h4-7H,8H2,1-3H3. The molecular weight excluding hydrogens is 207 g/mol. The molecule has 0 spiro atoms. The van der Waals surface area contributed by atoms with Crippen molar-refractivity contribution < 1.29 is 14.0 Å². The lowest BCUT2D eigenvalue weighted by Gasteiger charge is -2.15. The molecule has 0 aliphatic heterocycles. The molecule has 0 aliphatic rings. The van der Waals surface area contributed by atoms with E-state index in [1.807, 2.05) is 0 Å². The van der Waals surface area contributed by atoms with Gasteiger partial charge in [-0.1, -0.05) is 32.9 Å². The number of rotatable bonds is 3. The van der Waals surface area contributed by atoms with Crippen LogP contribution in [0, 0.1) is 11.2 Å². The van der Waals surface area contributed by atoms with E-state index in [0.717, 1.165) is 0 Å². The zero-order valence-corrected chi connectivity index (χ0v) is 9.71. The van der Waals surface area contributed by atoms with Gasteiger partial charge in [-0.2, -0.15) is 0 Å². The fourth-order valence-electron chi connectivity index (χ4n) is 1.19. The molecule has 0 bridgehead atoms. The van der Waals surface area contributed by atoms with Gasteiger partial charge in [-0.25, -0.2) is 4.39 Å². The molecule has 3 heteroatoms. The molecule has 0 atom stereocenters. The first kappa shape index (κ1) is 12.6. The normalized spacial score (nSPS) is 11.2. The highest BCUT2D eigenvalue weighted by molar-refractivity contribution is 6.09. The number of ketones is 2. The second-order valence-electron chi connectivity index (χ2n) is 4.75. The molecule has 86 valence electrons. The van der Waals surface area contributed by atoms with Crippen molar-refractivity contribution in [2.75, 3.05) is 0 Å². The highest BCUT2D eigenvalue weighted by Crippen LogP contribution is 2.19. The minimum absolute atomic E-state index is 0.0138. The molecule has 0 heterocycles. The van der Waals surface area contributed by atoms with Crippen LogP contribution >= 0.6 is 0 Å². The number of carbonyl (C=O) groups is 2. The third-order valence-electron chi connectivity index (χ3n) is 2.33. The summed E-state index contributed by atoms with van der Waals surface area (Å²) in [6, 6.07) is 5.71. The van der Waals surface area contributed by atoms with Gasteiger partial charge in [0.2, 0.25) is 0 Å². The molecule has 0 N–H and O–H groups in total. The largest absolute Gasteiger partial charge is 0.299 e. The number of halogens is 1. The van der Waals surface area contributed by atoms with Gasteiger partial charge < -0.3 is 0 Å². The summed E-state index contributed by atoms with van der Waals surface area (Å²) >= 11 is 0. The van der Waals surface area contributed by atoms with Crippen molar-refractivity contribution in [3.05, 3.63) is 35.6 Å². The summed E-state index contributed by atoms with van der Waals surface area (Å²) in [6.07, 6.45) is -0.246. The molecule has 0 radical (unpaired) electrons. The first-order valence-electron chi connectivity index (χ1n) is 5.13. The Bertz CT molecular complexity index is 416. The van der Waals surface area contributed by atoms with Gasteiger partial charge in [-0.05, 0) is 12.1 Å². The predicted molar refractivity (Wildman–Crippen MR) is 59.8 cm³/mol. The molecule has 2 nitrogen and oxygen atoms in total. The number of hydrogen-bond acceptors (Lipinski definition) is 2. The van der Waals surface area contributed by atoms with E-state index >= 15 is 0 Å². The van der Waals surface area contributed by atoms with E-state index in [-0.39, 0.29) is 17.8 Å². The van der Waals surface area contributed by atoms with E-state index in [2.05, 4.69) is 0 Å². The van der Waals surface area contributed by atoms with Gasteiger partial charge >= 0.3 is 0 Å². The summed E-state index contributed by atoms with van der Waals surface area (Å²) in [5.41, 5.74) is -0.582. The quantitative estimate of drug-likeness (QED) is 0.582. The van der Waals surface area contributed by atoms with Crippen molar-refractivity contribution in [1.29, 1.82) is 0 Å². The van der Waals surface area contributed by atoms with Crippen molar-refractivity contribution in [2.24, 2.45) is 5.41 Å². The van der Waals surface area contributed by atoms with Crippen LogP contribution in [-0.4, -0.2) is 11.6 Å². The van der Waals surface area contributed by atoms with Gasteiger partial charge in [0.25, 0.3) is 0 Å². The van der Waals surface area contributed by atoms with E-state index < -0.39 is 17.0 Å². The van der Waals surface area contributed by atoms with Crippen molar-refractivity contribution in [1.82, 2.24) is 0 Å². The number of carbonyl (C=O) groups excluding carboxylic acids is 2. The number of Topliss-reactive ketones (excluding diaryl/α,β-unsaturated/α-hetero) is 2. The van der Waals surface area contributed by atoms with Crippen molar-refractivity contribution in [2.45, 2.75) is 27.2 Å². The average molecular weight is 222 g/mol. The predicted octanol–water partition coefficient (Wildman–Crippen LogP) is 3.01. The molecule has 16 heavy (non-hydrogen) atoms. The molecule has 1 aromatic carbocycles. The Labute approximate surface area is 94.5 Å². The van der Waals surface area contributed by atoms with Crippen LogP contribution in [0.5, 0.6) is 0 Å². The second kappa shape index (κ2) is 4.56. The minimum Gasteiger partial charge on any atom is -0.299 e. The summed E-state index contributed by atoms with van der Waals surface area (Å²) in [5, 5.41) is 0. The van der Waals surface area contributed by atoms with Crippen LogP contribution in [0.1, 0.15) is 37.6 Å². The maximum absolute atomic E-state index is 13.3. The van der Waals surface area contributed by atoms with E-state index in [1.54, 1.807) is 26.8 Å². The summed E-state index contributed by atoms with van der Waals surface area (Å²) in [4.78, 5) is 23.3. The molecule has 1 rings (SSSR count). The third kappa shape index (κ3) is 2.99. The van der Waals surface area contributed by atoms with Gasteiger partial charge in [0, 0.05) is 5.41 Å². The van der Waals surface area contributed by atoms with Crippen molar-refractivity contribution in [3.63, 3.8) is 0 Å². The molecule has 0 saturated carbocycles. The van der Waals surface area contributed by atoms with Crippen LogP contribution < -0.4 is 0 Å². The molecule has 0 fully saturated rings. The Morgan fingerprint density at radius 3 is 2.25 bits per heavy atom. The zero-order chi connectivity index (χ0) is 12.3. The molecule has 0 aromatic heterocycles. The SMILES string of the molecule is CC(C)(C)C(=O)CC(=O)c1ccccc1F. The zero-order valence-electron chi connectivity index (χ0n) is 9.71. The minimum atomic E-state index is -0.575. The monoisotopic (exact) mass is 222 g/mol. The molecule has 0 saturated heterocycles. The number of hydrogen-bond donors (Lipinski definition) is 0. The summed E-state index contributed by atoms with van der Waals surface area (Å²) in [7, 11) is 0. The van der Waals surface area contributed by atoms with Crippen LogP contribution in [0.2, 0.25) is 0 Å². The van der Waals surface area contributed by atoms with Crippen LogP contribution in [0.4, 0.5) is 4.39 Å². The molecule has 0 unspecified atom stereocenters. The topological polar surface area (TPSA) is 34.1 Å². The van der Waals surface area contributed by atoms with Gasteiger partial charge in [0.05, 0.1) is 12.0 Å². The first-order chi connectivity index (χ1) is 7.32. The lowest BCUT2D eigenvalue weighted by molar-refractivity contribution is -0.125. The molecular formula is C13H15FO2. The molecule has 1 aromatic rings. The highest BCUT2D eigenvalue weighted by Gasteiger charge is 2.24. The Hall–Kier alpha value is -1.51. The summed E-state index contributed by atoms with van der Waals surface area (Å²) in [5.74, 6) is -1.21. The Morgan fingerprint density at radius 2 is 1.75 bits per heavy atom. The Kier molecular flexibility index (Phi) is 3.58. The van der Waals surface area contributed by atoms with Gasteiger partial charge in [-0.3, -0.25) is 9.59 Å². The van der Waals surface area contributed by atoms with Crippen LogP contribution in [0.25, 0.3) is 0 Å². The van der Waals surface area contributed by atoms with Crippen LogP contribution in [0.3, 0.4) is 0 Å². The molecule has 0 amide bonds. The summed E-state index contributed by atoms with van der Waals surface area (Å²) < 4.78 is 13.3. The number of benzene rings is 1. The lowest BCUT2D eigenvalue weighted by atomic mass is 9.87. The Morgan fingerprint density at radius 1 is 1.19 bits per heavy atom. The summed E-state index contributed by atoms with van der Waals surface area (Å²) in [6.45, 7) is 5.22. The van der Waals surface area contributed by atoms with Crippen LogP contribution in [0.15, 0.2) is 24.3 Å². The van der Waals surface area contributed by atoms with Crippen molar-refractivity contribution >= 4 is 11.6 Å². The molecule has 0 aliphatic carbocycles. The van der Waals surface area contributed by atoms with E-state index in [0.29, 0.717) is 0 Å². The third-order valence-corrected chi connectivity index (χ3v) is 2.33. The first-order valence-corrected chi connectivity index (χ1v) is 5.13. The van der Waals surface area contributed by atoms with Crippen molar-refractivity contribution in [3.8, 4) is 0 Å². The second-order valence-corrected chi connectivity index (χ2v) is 4.75. The smallest absolute Gasteiger partial charge is 0.173 e. The van der Waals surface area contributed by atoms with Gasteiger partial charge in [-0.15, -0.1) is 0 Å². The van der Waals surface area contributed by atoms with E-state index in [1.165, 1.54) is 18.2 Å². The van der Waals surface area contributed by atoms with E-state index in [4.69, 9.17) is 0 Å². The van der Waals surface area contributed by atoms with E-state index in [9.17, 15) is 14.0 Å². The lowest BCUT2D eigenvalue weighted by Crippen LogP contribution is -2.23. The Balaban J connectivity index is 2.82. The van der Waals surface area contributed by atoms with Crippen LogP contribution in [-0.2, 0) is 4.79 Å². The van der Waals surface area contributed by atoms with Gasteiger partial charge in [0.1, 0.15) is 11.6 Å². The van der Waals surface area contributed by atoms with Gasteiger partial charge in [0.15, 0.2) is 5.78 Å². The highest BCUT2D eigenvalue weighted by atomic mass is 19.1. The maximum atomic E-state index is 13.3. The fourth-order valence-corrected chi connectivity index (χ4v) is 1.19.